The molecule has 3 N–H and O–H groups in total. The van der Waals surface area contributed by atoms with Crippen LogP contribution in [0.5, 0.6) is 0 Å². The third-order valence-corrected chi connectivity index (χ3v) is 4.50. The third-order valence-electron chi connectivity index (χ3n) is 4.50. The molecule has 0 saturated heterocycles. The smallest absolute Gasteiger partial charge is 0.335 e. The molecule has 1 atom stereocenters. The number of aromatic carboxylic acids is 1. The Hall–Kier alpha value is -4.74. The van der Waals surface area contributed by atoms with E-state index in [2.05, 4.69) is 31.0 Å². The fourth-order valence-electron chi connectivity index (χ4n) is 2.86. The summed E-state index contributed by atoms with van der Waals surface area (Å²) in [6, 6.07) is 13.4. The molecule has 0 fully saturated rings. The van der Waals surface area contributed by atoms with Crippen molar-refractivity contribution >= 4 is 29.4 Å². The topological polar surface area (TPSA) is 169 Å². The molecule has 0 bridgehead atoms. The average molecular weight is 433 g/mol. The number of aromatic nitrogens is 4. The summed E-state index contributed by atoms with van der Waals surface area (Å²) < 4.78 is 0. The normalized spacial score (nSPS) is 15.6. The van der Waals surface area contributed by atoms with Crippen molar-refractivity contribution in [3.63, 3.8) is 0 Å². The first-order valence-electron chi connectivity index (χ1n) is 9.31. The van der Waals surface area contributed by atoms with Gasteiger partial charge < -0.3 is 15.7 Å². The molecule has 0 saturated carbocycles. The van der Waals surface area contributed by atoms with Crippen LogP contribution in [0.4, 0.5) is 0 Å². The van der Waals surface area contributed by atoms with Crippen LogP contribution in [0.3, 0.4) is 0 Å². The number of amides is 3. The zero-order valence-corrected chi connectivity index (χ0v) is 16.3. The number of hydrogen-bond acceptors (Lipinski definition) is 7. The van der Waals surface area contributed by atoms with Crippen molar-refractivity contribution in [1.82, 2.24) is 30.8 Å². The van der Waals surface area contributed by atoms with Crippen LogP contribution in [0.1, 0.15) is 27.8 Å². The molecule has 2 aromatic carbocycles. The van der Waals surface area contributed by atoms with Crippen LogP contribution in [0.2, 0.25) is 0 Å². The van der Waals surface area contributed by atoms with Gasteiger partial charge in [0.1, 0.15) is 0 Å². The highest BCUT2D eigenvalue weighted by atomic mass is 16.4. The summed E-state index contributed by atoms with van der Waals surface area (Å²) in [6.45, 7) is 0.167. The first kappa shape index (κ1) is 20.5. The van der Waals surface area contributed by atoms with Crippen molar-refractivity contribution in [3.05, 3.63) is 71.5 Å². The Kier molecular flexibility index (Phi) is 5.49. The molecule has 4 rings (SSSR count). The van der Waals surface area contributed by atoms with Crippen molar-refractivity contribution in [1.29, 1.82) is 0 Å². The van der Waals surface area contributed by atoms with Crippen LogP contribution in [-0.2, 0) is 20.9 Å². The summed E-state index contributed by atoms with van der Waals surface area (Å²) in [4.78, 5) is 52.7. The van der Waals surface area contributed by atoms with E-state index in [1.54, 1.807) is 24.3 Å². The van der Waals surface area contributed by atoms with Gasteiger partial charge in [-0.05, 0) is 35.0 Å². The number of carboxylic acids is 1. The van der Waals surface area contributed by atoms with E-state index in [4.69, 9.17) is 5.11 Å². The molecule has 0 radical (unpaired) electrons. The highest BCUT2D eigenvalue weighted by molar-refractivity contribution is 6.66. The van der Waals surface area contributed by atoms with E-state index in [0.29, 0.717) is 5.69 Å². The second-order valence-corrected chi connectivity index (χ2v) is 6.66. The van der Waals surface area contributed by atoms with Crippen molar-refractivity contribution in [2.75, 3.05) is 0 Å². The number of nitrogens with zero attached hydrogens (tertiary/aromatic N) is 5. The Labute approximate surface area is 180 Å². The molecule has 0 spiro atoms. The Bertz CT molecular complexity index is 1230. The lowest BCUT2D eigenvalue weighted by Crippen LogP contribution is -2.49. The van der Waals surface area contributed by atoms with Crippen LogP contribution in [0.15, 0.2) is 59.6 Å². The van der Waals surface area contributed by atoms with Gasteiger partial charge in [-0.25, -0.2) is 4.79 Å². The summed E-state index contributed by atoms with van der Waals surface area (Å²) in [5, 5.41) is 25.5. The monoisotopic (exact) mass is 433 g/mol. The Balaban J connectivity index is 1.47. The lowest BCUT2D eigenvalue weighted by molar-refractivity contribution is -0.127. The van der Waals surface area contributed by atoms with Gasteiger partial charge >= 0.3 is 5.97 Å². The summed E-state index contributed by atoms with van der Waals surface area (Å²) >= 11 is 0. The SMILES string of the molecule is O=C(NCc1ccccc1)C1=NC(=O)C(c2nnn(-c3ccc(C(=O)O)cc3)n2)NC1=O. The minimum absolute atomic E-state index is 0.0798. The van der Waals surface area contributed by atoms with Crippen molar-refractivity contribution < 1.29 is 24.3 Å². The van der Waals surface area contributed by atoms with Crippen LogP contribution < -0.4 is 10.6 Å². The highest BCUT2D eigenvalue weighted by Gasteiger charge is 2.36. The number of aliphatic imine (C=N–C) groups is 1. The summed E-state index contributed by atoms with van der Waals surface area (Å²) in [7, 11) is 0. The number of carbonyl (C=O) groups excluding carboxylic acids is 3. The number of rotatable bonds is 6. The Morgan fingerprint density at radius 2 is 1.78 bits per heavy atom. The molecule has 3 amide bonds. The fraction of sp³-hybridized carbons (Fsp3) is 0.100. The van der Waals surface area contributed by atoms with Gasteiger partial charge in [0.05, 0.1) is 11.3 Å². The largest absolute Gasteiger partial charge is 0.478 e. The van der Waals surface area contributed by atoms with E-state index in [0.717, 1.165) is 10.4 Å². The molecule has 12 heteroatoms. The first-order valence-corrected chi connectivity index (χ1v) is 9.31. The van der Waals surface area contributed by atoms with Crippen LogP contribution in [-0.4, -0.2) is 54.7 Å². The van der Waals surface area contributed by atoms with Crippen molar-refractivity contribution in [3.8, 4) is 5.69 Å². The Morgan fingerprint density at radius 1 is 1.06 bits per heavy atom. The van der Waals surface area contributed by atoms with Gasteiger partial charge in [-0.3, -0.25) is 14.4 Å². The standard InChI is InChI=1S/C20H15N7O5/c28-17(21-10-11-4-2-1-3-5-11)15-19(30)22-14(18(29)23-15)16-24-26-27(25-16)13-8-6-12(7-9-13)20(31)32/h1-9,14H,10H2,(H,21,28)(H,22,30)(H,31,32). The van der Waals surface area contributed by atoms with E-state index in [9.17, 15) is 19.2 Å². The Morgan fingerprint density at radius 3 is 2.47 bits per heavy atom. The van der Waals surface area contributed by atoms with Crippen LogP contribution in [0, 0.1) is 0 Å². The van der Waals surface area contributed by atoms with E-state index >= 15 is 0 Å². The number of hydrogen-bond donors (Lipinski definition) is 3. The van der Waals surface area contributed by atoms with Gasteiger partial charge in [0, 0.05) is 6.54 Å². The predicted octanol–water partition coefficient (Wildman–Crippen LogP) is -0.185. The predicted molar refractivity (Wildman–Crippen MR) is 108 cm³/mol. The second-order valence-electron chi connectivity index (χ2n) is 6.66. The summed E-state index contributed by atoms with van der Waals surface area (Å²) in [6.07, 6.45) is 0. The molecule has 12 nitrogen and oxygen atoms in total. The van der Waals surface area contributed by atoms with Gasteiger partial charge in [0.25, 0.3) is 17.7 Å². The average Bonchev–Trinajstić information content (AvgIpc) is 3.29. The van der Waals surface area contributed by atoms with Gasteiger partial charge in [-0.15, -0.1) is 15.0 Å². The van der Waals surface area contributed by atoms with Crippen molar-refractivity contribution in [2.45, 2.75) is 12.6 Å². The number of tetrazole rings is 1. The van der Waals surface area contributed by atoms with Gasteiger partial charge in [-0.1, -0.05) is 30.3 Å². The van der Waals surface area contributed by atoms with Gasteiger partial charge in [0.15, 0.2) is 11.8 Å². The summed E-state index contributed by atoms with van der Waals surface area (Å²) in [5.74, 6) is -3.66. The number of carbonyl (C=O) groups is 4. The molecule has 1 aromatic heterocycles. The summed E-state index contributed by atoms with van der Waals surface area (Å²) in [5.41, 5.74) is 0.738. The molecular formula is C20H15N7O5. The quantitative estimate of drug-likeness (QED) is 0.481. The van der Waals surface area contributed by atoms with Crippen LogP contribution >= 0.6 is 0 Å². The maximum absolute atomic E-state index is 12.4. The second kappa shape index (κ2) is 8.55. The molecule has 3 aromatic rings. The lowest BCUT2D eigenvalue weighted by Gasteiger charge is -2.18. The maximum atomic E-state index is 12.4. The fourth-order valence-corrected chi connectivity index (χ4v) is 2.86. The van der Waals surface area contributed by atoms with E-state index in [-0.39, 0.29) is 17.9 Å². The molecule has 0 aliphatic carbocycles. The van der Waals surface area contributed by atoms with Gasteiger partial charge in [0.2, 0.25) is 5.82 Å². The van der Waals surface area contributed by atoms with Gasteiger partial charge in [-0.2, -0.15) is 4.99 Å². The maximum Gasteiger partial charge on any atom is 0.335 e. The third kappa shape index (κ3) is 4.23. The molecule has 1 aliphatic heterocycles. The number of nitrogens with one attached hydrogen (secondary N) is 2. The minimum Gasteiger partial charge on any atom is -0.478 e. The molecule has 160 valence electrons. The van der Waals surface area contributed by atoms with Crippen molar-refractivity contribution in [2.24, 2.45) is 4.99 Å². The molecule has 2 heterocycles. The lowest BCUT2D eigenvalue weighted by atomic mass is 10.1. The highest BCUT2D eigenvalue weighted by Crippen LogP contribution is 2.15. The van der Waals surface area contributed by atoms with E-state index < -0.39 is 35.4 Å². The first-order chi connectivity index (χ1) is 15.4. The van der Waals surface area contributed by atoms with E-state index in [1.807, 2.05) is 6.07 Å². The van der Waals surface area contributed by atoms with Crippen LogP contribution in [0.25, 0.3) is 5.69 Å². The minimum atomic E-state index is -1.31. The molecule has 1 unspecified atom stereocenters. The zero-order chi connectivity index (χ0) is 22.7. The zero-order valence-electron chi connectivity index (χ0n) is 16.3. The molecule has 32 heavy (non-hydrogen) atoms. The number of carboxylic acid groups (broad SMARTS) is 1. The molecule has 1 aliphatic rings. The van der Waals surface area contributed by atoms with E-state index in [1.165, 1.54) is 24.3 Å². The molecular weight excluding hydrogens is 418 g/mol. The number of benzene rings is 2.